The number of rotatable bonds is 3. The van der Waals surface area contributed by atoms with Gasteiger partial charge in [-0.15, -0.1) is 0 Å². The van der Waals surface area contributed by atoms with E-state index < -0.39 is 11.9 Å². The number of ether oxygens (including phenoxy) is 1. The van der Waals surface area contributed by atoms with Crippen molar-refractivity contribution in [2.75, 3.05) is 6.61 Å². The molecular formula is C10H9IO4. The molecule has 0 aliphatic heterocycles. The normalized spacial score (nSPS) is 9.73. The zero-order valence-electron chi connectivity index (χ0n) is 7.99. The minimum absolute atomic E-state index is 0.0879. The van der Waals surface area contributed by atoms with Gasteiger partial charge in [-0.1, -0.05) is 0 Å². The number of hydrogen-bond acceptors (Lipinski definition) is 3. The van der Waals surface area contributed by atoms with Crippen molar-refractivity contribution in [3.05, 3.63) is 32.9 Å². The van der Waals surface area contributed by atoms with Crippen molar-refractivity contribution < 1.29 is 19.4 Å². The van der Waals surface area contributed by atoms with Crippen molar-refractivity contribution in [1.82, 2.24) is 0 Å². The Morgan fingerprint density at radius 3 is 2.47 bits per heavy atom. The Bertz CT molecular complexity index is 400. The lowest BCUT2D eigenvalue weighted by atomic mass is 10.1. The van der Waals surface area contributed by atoms with Gasteiger partial charge in [-0.05, 0) is 47.7 Å². The first kappa shape index (κ1) is 12.0. The summed E-state index contributed by atoms with van der Waals surface area (Å²) in [5.74, 6) is -1.56. The zero-order valence-corrected chi connectivity index (χ0v) is 10.1. The molecule has 5 heteroatoms. The maximum atomic E-state index is 11.4. The van der Waals surface area contributed by atoms with E-state index in [9.17, 15) is 9.59 Å². The largest absolute Gasteiger partial charge is 0.478 e. The molecule has 1 aromatic rings. The molecule has 0 saturated carbocycles. The summed E-state index contributed by atoms with van der Waals surface area (Å²) in [4.78, 5) is 22.1. The quantitative estimate of drug-likeness (QED) is 0.685. The second-order valence-corrected chi connectivity index (χ2v) is 4.00. The monoisotopic (exact) mass is 320 g/mol. The second kappa shape index (κ2) is 5.11. The number of hydrogen-bond donors (Lipinski definition) is 1. The Hall–Kier alpha value is -1.11. The number of halogens is 1. The van der Waals surface area contributed by atoms with Crippen molar-refractivity contribution in [2.45, 2.75) is 6.92 Å². The Kier molecular flexibility index (Phi) is 4.07. The van der Waals surface area contributed by atoms with Gasteiger partial charge in [-0.25, -0.2) is 9.59 Å². The second-order valence-electron chi connectivity index (χ2n) is 2.75. The van der Waals surface area contributed by atoms with E-state index in [-0.39, 0.29) is 17.7 Å². The van der Waals surface area contributed by atoms with E-state index >= 15 is 0 Å². The highest BCUT2D eigenvalue weighted by molar-refractivity contribution is 14.1. The van der Waals surface area contributed by atoms with Crippen LogP contribution in [-0.2, 0) is 4.74 Å². The van der Waals surface area contributed by atoms with E-state index in [0.29, 0.717) is 3.57 Å². The van der Waals surface area contributed by atoms with Crippen LogP contribution in [0.25, 0.3) is 0 Å². The van der Waals surface area contributed by atoms with Gasteiger partial charge in [0, 0.05) is 3.57 Å². The van der Waals surface area contributed by atoms with Gasteiger partial charge in [-0.2, -0.15) is 0 Å². The first-order valence-electron chi connectivity index (χ1n) is 4.25. The van der Waals surface area contributed by atoms with Crippen LogP contribution in [0.15, 0.2) is 18.2 Å². The molecule has 0 aliphatic carbocycles. The Morgan fingerprint density at radius 2 is 1.93 bits per heavy atom. The van der Waals surface area contributed by atoms with Gasteiger partial charge < -0.3 is 9.84 Å². The molecule has 0 spiro atoms. The van der Waals surface area contributed by atoms with Crippen LogP contribution in [0.2, 0.25) is 0 Å². The van der Waals surface area contributed by atoms with Crippen LogP contribution in [0.5, 0.6) is 0 Å². The minimum atomic E-state index is -1.06. The fourth-order valence-corrected chi connectivity index (χ4v) is 1.72. The van der Waals surface area contributed by atoms with Gasteiger partial charge in [0.25, 0.3) is 0 Å². The van der Waals surface area contributed by atoms with E-state index in [1.54, 1.807) is 13.0 Å². The molecule has 0 aliphatic rings. The van der Waals surface area contributed by atoms with Gasteiger partial charge in [0.1, 0.15) is 0 Å². The summed E-state index contributed by atoms with van der Waals surface area (Å²) >= 11 is 1.96. The summed E-state index contributed by atoms with van der Waals surface area (Å²) in [5, 5.41) is 8.79. The van der Waals surface area contributed by atoms with Gasteiger partial charge in [0.15, 0.2) is 0 Å². The molecule has 4 nitrogen and oxygen atoms in total. The van der Waals surface area contributed by atoms with Crippen LogP contribution in [0.4, 0.5) is 0 Å². The highest BCUT2D eigenvalue weighted by atomic mass is 127. The average molecular weight is 320 g/mol. The van der Waals surface area contributed by atoms with E-state index in [4.69, 9.17) is 9.84 Å². The highest BCUT2D eigenvalue weighted by Crippen LogP contribution is 2.13. The van der Waals surface area contributed by atoms with E-state index in [2.05, 4.69) is 0 Å². The van der Waals surface area contributed by atoms with Crippen molar-refractivity contribution in [3.8, 4) is 0 Å². The summed E-state index contributed by atoms with van der Waals surface area (Å²) in [5.41, 5.74) is 0.353. The van der Waals surface area contributed by atoms with Gasteiger partial charge >= 0.3 is 11.9 Å². The third-order valence-electron chi connectivity index (χ3n) is 1.66. The number of carboxylic acid groups (broad SMARTS) is 1. The Balaban J connectivity index is 3.09. The van der Waals surface area contributed by atoms with E-state index in [1.165, 1.54) is 12.1 Å². The van der Waals surface area contributed by atoms with Crippen LogP contribution in [0, 0.1) is 3.57 Å². The molecule has 0 radical (unpaired) electrons. The van der Waals surface area contributed by atoms with Crippen molar-refractivity contribution in [2.24, 2.45) is 0 Å². The molecule has 1 rings (SSSR count). The lowest BCUT2D eigenvalue weighted by molar-refractivity contribution is 0.0526. The number of carbonyl (C=O) groups excluding carboxylic acids is 1. The summed E-state index contributed by atoms with van der Waals surface area (Å²) in [6.45, 7) is 1.97. The zero-order chi connectivity index (χ0) is 11.4. The van der Waals surface area contributed by atoms with Crippen LogP contribution in [-0.4, -0.2) is 23.7 Å². The number of carboxylic acids is 1. The molecule has 0 atom stereocenters. The summed E-state index contributed by atoms with van der Waals surface area (Å²) in [6, 6.07) is 4.39. The molecule has 0 saturated heterocycles. The van der Waals surface area contributed by atoms with Gasteiger partial charge in [0.2, 0.25) is 0 Å². The molecule has 1 aromatic carbocycles. The van der Waals surface area contributed by atoms with Crippen molar-refractivity contribution in [1.29, 1.82) is 0 Å². The smallest absolute Gasteiger partial charge is 0.338 e. The fourth-order valence-electron chi connectivity index (χ4n) is 1.05. The van der Waals surface area contributed by atoms with Crippen LogP contribution in [0.1, 0.15) is 27.6 Å². The standard InChI is InChI=1S/C10H9IO4/c1-2-15-10(14)7-3-6(9(12)13)4-8(11)5-7/h3-5H,2H2,1H3,(H,12,13). The number of carbonyl (C=O) groups is 2. The minimum Gasteiger partial charge on any atom is -0.478 e. The van der Waals surface area contributed by atoms with Crippen molar-refractivity contribution >= 4 is 34.5 Å². The third kappa shape index (κ3) is 3.19. The third-order valence-corrected chi connectivity index (χ3v) is 2.28. The molecular weight excluding hydrogens is 311 g/mol. The molecule has 0 fully saturated rings. The fraction of sp³-hybridized carbons (Fsp3) is 0.200. The molecule has 0 heterocycles. The van der Waals surface area contributed by atoms with Crippen LogP contribution >= 0.6 is 22.6 Å². The van der Waals surface area contributed by atoms with Crippen LogP contribution < -0.4 is 0 Å². The summed E-state index contributed by atoms with van der Waals surface area (Å²) < 4.78 is 5.47. The molecule has 0 bridgehead atoms. The van der Waals surface area contributed by atoms with Crippen molar-refractivity contribution in [3.63, 3.8) is 0 Å². The Labute approximate surface area is 100 Å². The van der Waals surface area contributed by atoms with Gasteiger partial charge in [-0.3, -0.25) is 0 Å². The molecule has 0 aromatic heterocycles. The summed E-state index contributed by atoms with van der Waals surface area (Å²) in [7, 11) is 0. The molecule has 15 heavy (non-hydrogen) atoms. The first-order chi connectivity index (χ1) is 7.04. The molecule has 0 unspecified atom stereocenters. The number of esters is 1. The molecule has 80 valence electrons. The molecule has 0 amide bonds. The number of aromatic carboxylic acids is 1. The lowest BCUT2D eigenvalue weighted by Gasteiger charge is -2.03. The van der Waals surface area contributed by atoms with Gasteiger partial charge in [0.05, 0.1) is 17.7 Å². The SMILES string of the molecule is CCOC(=O)c1cc(I)cc(C(=O)O)c1. The lowest BCUT2D eigenvalue weighted by Crippen LogP contribution is -2.07. The maximum Gasteiger partial charge on any atom is 0.338 e. The number of benzene rings is 1. The predicted octanol–water partition coefficient (Wildman–Crippen LogP) is 2.17. The van der Waals surface area contributed by atoms with E-state index in [1.807, 2.05) is 22.6 Å². The van der Waals surface area contributed by atoms with E-state index in [0.717, 1.165) is 0 Å². The molecule has 1 N–H and O–H groups in total. The maximum absolute atomic E-state index is 11.4. The summed E-state index contributed by atoms with van der Waals surface area (Å²) in [6.07, 6.45) is 0. The first-order valence-corrected chi connectivity index (χ1v) is 5.33. The average Bonchev–Trinajstić information content (AvgIpc) is 2.17. The highest BCUT2D eigenvalue weighted by Gasteiger charge is 2.11. The predicted molar refractivity (Wildman–Crippen MR) is 62.1 cm³/mol. The Morgan fingerprint density at radius 1 is 1.33 bits per heavy atom. The topological polar surface area (TPSA) is 63.6 Å². The van der Waals surface area contributed by atoms with Crippen LogP contribution in [0.3, 0.4) is 0 Å².